The summed E-state index contributed by atoms with van der Waals surface area (Å²) >= 11 is 0. The van der Waals surface area contributed by atoms with Gasteiger partial charge in [0.05, 0.1) is 11.9 Å². The topological polar surface area (TPSA) is 90.7 Å². The largest absolute Gasteiger partial charge is 0.383 e. The van der Waals surface area contributed by atoms with Crippen molar-refractivity contribution in [1.29, 1.82) is 0 Å². The minimum Gasteiger partial charge on any atom is -0.383 e. The first kappa shape index (κ1) is 20.9. The summed E-state index contributed by atoms with van der Waals surface area (Å²) < 4.78 is 1.70. The summed E-state index contributed by atoms with van der Waals surface area (Å²) in [6, 6.07) is 3.84. The molecule has 1 aliphatic heterocycles. The second kappa shape index (κ2) is 10.1. The number of pyridine rings is 1. The molecule has 1 fully saturated rings. The molecule has 2 aromatic rings. The number of carbonyl (C=O) groups excluding carboxylic acids is 1. The predicted molar refractivity (Wildman–Crippen MR) is 117 cm³/mol. The number of rotatable bonds is 5. The summed E-state index contributed by atoms with van der Waals surface area (Å²) in [6.45, 7) is 3.07. The number of hydrogen-bond donors (Lipinski definition) is 2. The Morgan fingerprint density at radius 2 is 2.04 bits per heavy atom. The predicted octanol–water partition coefficient (Wildman–Crippen LogP) is 0.769. The number of anilines is 2. The zero-order valence-electron chi connectivity index (χ0n) is 15.5. The van der Waals surface area contributed by atoms with E-state index in [-0.39, 0.29) is 29.9 Å². The van der Waals surface area contributed by atoms with Gasteiger partial charge in [-0.15, -0.1) is 24.0 Å². The lowest BCUT2D eigenvalue weighted by Gasteiger charge is -2.35. The molecule has 2 aromatic heterocycles. The molecule has 0 unspecified atom stereocenters. The molecule has 10 heteroatoms. The standard InChI is InChI=1S/C17H24N8O.HI/c1-18-17(21-8-7-20-14-3-5-19-6-4-14)24-9-10-25(16(26)13-24)15-11-22-23(2)12-15;/h3-6,11-12H,7-10,13H2,1-2H3,(H,18,21)(H,19,20);1H. The van der Waals surface area contributed by atoms with Gasteiger partial charge in [0, 0.05) is 64.6 Å². The van der Waals surface area contributed by atoms with Crippen molar-refractivity contribution in [3.8, 4) is 0 Å². The monoisotopic (exact) mass is 484 g/mol. The van der Waals surface area contributed by atoms with Gasteiger partial charge < -0.3 is 20.4 Å². The highest BCUT2D eigenvalue weighted by Crippen LogP contribution is 2.15. The molecule has 0 atom stereocenters. The molecule has 0 spiro atoms. The van der Waals surface area contributed by atoms with Crippen molar-refractivity contribution in [2.75, 3.05) is 50.0 Å². The number of nitrogens with one attached hydrogen (secondary N) is 2. The summed E-state index contributed by atoms with van der Waals surface area (Å²) in [6.07, 6.45) is 7.07. The summed E-state index contributed by atoms with van der Waals surface area (Å²) in [5, 5.41) is 10.7. The van der Waals surface area contributed by atoms with Crippen LogP contribution in [0.4, 0.5) is 11.4 Å². The molecule has 0 radical (unpaired) electrons. The number of carbonyl (C=O) groups is 1. The number of hydrogen-bond acceptors (Lipinski definition) is 5. The minimum atomic E-state index is 0. The normalized spacial score (nSPS) is 14.7. The van der Waals surface area contributed by atoms with Crippen molar-refractivity contribution in [2.45, 2.75) is 0 Å². The fraction of sp³-hybridized carbons (Fsp3) is 0.412. The van der Waals surface area contributed by atoms with Crippen molar-refractivity contribution in [2.24, 2.45) is 12.0 Å². The number of amides is 1. The number of piperazine rings is 1. The molecule has 9 nitrogen and oxygen atoms in total. The van der Waals surface area contributed by atoms with Gasteiger partial charge in [-0.05, 0) is 12.1 Å². The SMILES string of the molecule is CN=C(NCCNc1ccncc1)N1CCN(c2cnn(C)c2)C(=O)C1.I. The molecule has 2 N–H and O–H groups in total. The Labute approximate surface area is 175 Å². The maximum atomic E-state index is 12.5. The van der Waals surface area contributed by atoms with E-state index in [4.69, 9.17) is 0 Å². The van der Waals surface area contributed by atoms with E-state index < -0.39 is 0 Å². The molecular weight excluding hydrogens is 459 g/mol. The summed E-state index contributed by atoms with van der Waals surface area (Å²) in [7, 11) is 3.58. The van der Waals surface area contributed by atoms with E-state index in [1.807, 2.05) is 30.3 Å². The van der Waals surface area contributed by atoms with E-state index in [9.17, 15) is 4.79 Å². The number of aromatic nitrogens is 3. The maximum absolute atomic E-state index is 12.5. The average Bonchev–Trinajstić information content (AvgIpc) is 3.08. The lowest BCUT2D eigenvalue weighted by atomic mass is 10.3. The quantitative estimate of drug-likeness (QED) is 0.282. The van der Waals surface area contributed by atoms with Crippen LogP contribution < -0.4 is 15.5 Å². The summed E-state index contributed by atoms with van der Waals surface area (Å²) in [5.74, 6) is 0.780. The maximum Gasteiger partial charge on any atom is 0.246 e. The number of aliphatic imine (C=N–C) groups is 1. The van der Waals surface area contributed by atoms with E-state index >= 15 is 0 Å². The Kier molecular flexibility index (Phi) is 7.82. The molecule has 27 heavy (non-hydrogen) atoms. The van der Waals surface area contributed by atoms with Crippen LogP contribution in [0.2, 0.25) is 0 Å². The first-order chi connectivity index (χ1) is 12.7. The van der Waals surface area contributed by atoms with Gasteiger partial charge in [-0.3, -0.25) is 19.5 Å². The molecule has 3 heterocycles. The van der Waals surface area contributed by atoms with Crippen LogP contribution in [-0.4, -0.2) is 71.3 Å². The zero-order chi connectivity index (χ0) is 18.4. The Morgan fingerprint density at radius 1 is 1.26 bits per heavy atom. The molecule has 1 aliphatic rings. The zero-order valence-corrected chi connectivity index (χ0v) is 17.8. The number of guanidine groups is 1. The van der Waals surface area contributed by atoms with Crippen molar-refractivity contribution < 1.29 is 4.79 Å². The Morgan fingerprint density at radius 3 is 2.67 bits per heavy atom. The van der Waals surface area contributed by atoms with E-state index in [0.29, 0.717) is 19.6 Å². The molecule has 0 saturated carbocycles. The van der Waals surface area contributed by atoms with E-state index in [2.05, 4.69) is 25.7 Å². The van der Waals surface area contributed by atoms with Crippen molar-refractivity contribution in [1.82, 2.24) is 25.0 Å². The van der Waals surface area contributed by atoms with Crippen molar-refractivity contribution in [3.63, 3.8) is 0 Å². The molecule has 0 aliphatic carbocycles. The smallest absolute Gasteiger partial charge is 0.246 e. The molecule has 1 amide bonds. The Balaban J connectivity index is 0.00000261. The van der Waals surface area contributed by atoms with Crippen molar-refractivity contribution in [3.05, 3.63) is 36.9 Å². The fourth-order valence-electron chi connectivity index (χ4n) is 2.86. The van der Waals surface area contributed by atoms with Gasteiger partial charge in [0.25, 0.3) is 0 Å². The highest BCUT2D eigenvalue weighted by Gasteiger charge is 2.27. The summed E-state index contributed by atoms with van der Waals surface area (Å²) in [5.41, 5.74) is 1.86. The van der Waals surface area contributed by atoms with Gasteiger partial charge in [0.1, 0.15) is 6.54 Å². The Hall–Kier alpha value is -2.37. The molecular formula is C17H25IN8O. The third-order valence-corrected chi connectivity index (χ3v) is 4.15. The van der Waals surface area contributed by atoms with Crippen LogP contribution in [0, 0.1) is 0 Å². The van der Waals surface area contributed by atoms with Gasteiger partial charge in [-0.1, -0.05) is 0 Å². The van der Waals surface area contributed by atoms with Crippen molar-refractivity contribution >= 4 is 47.2 Å². The van der Waals surface area contributed by atoms with E-state index in [0.717, 1.165) is 30.4 Å². The van der Waals surface area contributed by atoms with Gasteiger partial charge in [0.2, 0.25) is 5.91 Å². The highest BCUT2D eigenvalue weighted by molar-refractivity contribution is 14.0. The van der Waals surface area contributed by atoms with Crippen LogP contribution in [0.3, 0.4) is 0 Å². The second-order valence-electron chi connectivity index (χ2n) is 5.98. The number of halogens is 1. The Bertz CT molecular complexity index is 763. The third kappa shape index (κ3) is 5.55. The van der Waals surface area contributed by atoms with Crippen LogP contribution in [-0.2, 0) is 11.8 Å². The molecule has 0 bridgehead atoms. The van der Waals surface area contributed by atoms with Crippen LogP contribution in [0.15, 0.2) is 41.9 Å². The summed E-state index contributed by atoms with van der Waals surface area (Å²) in [4.78, 5) is 24.5. The highest BCUT2D eigenvalue weighted by atomic mass is 127. The first-order valence-corrected chi connectivity index (χ1v) is 8.56. The van der Waals surface area contributed by atoms with Gasteiger partial charge in [0.15, 0.2) is 5.96 Å². The van der Waals surface area contributed by atoms with E-state index in [1.54, 1.807) is 35.2 Å². The molecule has 1 saturated heterocycles. The van der Waals surface area contributed by atoms with Gasteiger partial charge in [-0.25, -0.2) is 0 Å². The molecule has 0 aromatic carbocycles. The van der Waals surface area contributed by atoms with Gasteiger partial charge >= 0.3 is 0 Å². The average molecular weight is 484 g/mol. The lowest BCUT2D eigenvalue weighted by molar-refractivity contribution is -0.120. The second-order valence-corrected chi connectivity index (χ2v) is 5.98. The van der Waals surface area contributed by atoms with Gasteiger partial charge in [-0.2, -0.15) is 5.10 Å². The van der Waals surface area contributed by atoms with Crippen LogP contribution in [0.25, 0.3) is 0 Å². The fourth-order valence-corrected chi connectivity index (χ4v) is 2.86. The number of nitrogens with zero attached hydrogens (tertiary/aromatic N) is 6. The molecule has 3 rings (SSSR count). The first-order valence-electron chi connectivity index (χ1n) is 8.56. The van der Waals surface area contributed by atoms with Crippen LogP contribution in [0.1, 0.15) is 0 Å². The molecule has 146 valence electrons. The van der Waals surface area contributed by atoms with Crippen LogP contribution in [0.5, 0.6) is 0 Å². The number of aryl methyl sites for hydroxylation is 1. The third-order valence-electron chi connectivity index (χ3n) is 4.15. The van der Waals surface area contributed by atoms with E-state index in [1.165, 1.54) is 0 Å². The lowest BCUT2D eigenvalue weighted by Crippen LogP contribution is -2.55. The van der Waals surface area contributed by atoms with Crippen LogP contribution >= 0.6 is 24.0 Å². The minimum absolute atomic E-state index is 0.